The Balaban J connectivity index is 1.85. The molecular formula is C19H24N2O5. The summed E-state index contributed by atoms with van der Waals surface area (Å²) in [5, 5.41) is 9.72. The van der Waals surface area contributed by atoms with Crippen molar-refractivity contribution in [3.63, 3.8) is 0 Å². The van der Waals surface area contributed by atoms with Gasteiger partial charge >= 0.3 is 12.1 Å². The van der Waals surface area contributed by atoms with Crippen LogP contribution in [0.15, 0.2) is 30.5 Å². The third-order valence-corrected chi connectivity index (χ3v) is 3.51. The predicted molar refractivity (Wildman–Crippen MR) is 97.7 cm³/mol. The number of carboxylic acid groups (broad SMARTS) is 1. The number of amides is 1. The highest BCUT2D eigenvalue weighted by atomic mass is 16.6. The zero-order valence-corrected chi connectivity index (χ0v) is 15.5. The number of rotatable bonds is 6. The third-order valence-electron chi connectivity index (χ3n) is 3.51. The van der Waals surface area contributed by atoms with Crippen molar-refractivity contribution in [2.75, 3.05) is 20.2 Å². The molecule has 7 nitrogen and oxygen atoms in total. The van der Waals surface area contributed by atoms with E-state index >= 15 is 0 Å². The molecule has 0 atom stereocenters. The second kappa shape index (κ2) is 8.03. The van der Waals surface area contributed by atoms with Crippen LogP contribution in [0.2, 0.25) is 0 Å². The molecule has 26 heavy (non-hydrogen) atoms. The smallest absolute Gasteiger partial charge is 0.410 e. The third kappa shape index (κ3) is 5.61. The van der Waals surface area contributed by atoms with Gasteiger partial charge in [0.05, 0.1) is 17.7 Å². The summed E-state index contributed by atoms with van der Waals surface area (Å²) in [4.78, 5) is 28.5. The van der Waals surface area contributed by atoms with E-state index in [1.807, 2.05) is 20.8 Å². The Labute approximate surface area is 152 Å². The summed E-state index contributed by atoms with van der Waals surface area (Å²) in [5.41, 5.74) is 0.301. The summed E-state index contributed by atoms with van der Waals surface area (Å²) < 4.78 is 11.0. The van der Waals surface area contributed by atoms with E-state index in [-0.39, 0.29) is 11.7 Å². The van der Waals surface area contributed by atoms with Gasteiger partial charge in [-0.1, -0.05) is 0 Å². The van der Waals surface area contributed by atoms with Gasteiger partial charge in [0.2, 0.25) is 0 Å². The standard InChI is InChI=1S/C19H24N2O5/c1-19(2,3)26-18(24)21(4)8-5-9-25-15-7-6-13-10-14(17(22)23)12-20-16(13)11-15/h6-7,10-12H,5,8-9H2,1-4H3,(H,22,23). The molecule has 2 aromatic rings. The zero-order valence-electron chi connectivity index (χ0n) is 15.5. The van der Waals surface area contributed by atoms with E-state index < -0.39 is 11.6 Å². The largest absolute Gasteiger partial charge is 0.493 e. The van der Waals surface area contributed by atoms with Gasteiger partial charge < -0.3 is 19.5 Å². The first-order valence-electron chi connectivity index (χ1n) is 8.36. The average molecular weight is 360 g/mol. The van der Waals surface area contributed by atoms with Gasteiger partial charge in [-0.15, -0.1) is 0 Å². The van der Waals surface area contributed by atoms with Crippen molar-refractivity contribution >= 4 is 23.0 Å². The van der Waals surface area contributed by atoms with Crippen molar-refractivity contribution < 1.29 is 24.2 Å². The normalized spacial score (nSPS) is 11.2. The number of aromatic carboxylic acids is 1. The lowest BCUT2D eigenvalue weighted by molar-refractivity contribution is 0.0292. The van der Waals surface area contributed by atoms with Crippen molar-refractivity contribution in [1.82, 2.24) is 9.88 Å². The molecule has 0 aliphatic carbocycles. The van der Waals surface area contributed by atoms with Crippen molar-refractivity contribution in [3.8, 4) is 5.75 Å². The number of nitrogens with zero attached hydrogens (tertiary/aromatic N) is 2. The molecule has 0 aliphatic rings. The summed E-state index contributed by atoms with van der Waals surface area (Å²) in [6, 6.07) is 6.88. The van der Waals surface area contributed by atoms with E-state index in [1.165, 1.54) is 11.1 Å². The molecule has 0 radical (unpaired) electrons. The van der Waals surface area contributed by atoms with Crippen LogP contribution < -0.4 is 4.74 Å². The lowest BCUT2D eigenvalue weighted by Gasteiger charge is -2.24. The number of aromatic nitrogens is 1. The number of carbonyl (C=O) groups excluding carboxylic acids is 1. The lowest BCUT2D eigenvalue weighted by Crippen LogP contribution is -2.35. The van der Waals surface area contributed by atoms with Crippen LogP contribution in [-0.2, 0) is 4.74 Å². The molecule has 0 saturated carbocycles. The second-order valence-electron chi connectivity index (χ2n) is 6.99. The first-order chi connectivity index (χ1) is 12.2. The molecule has 1 heterocycles. The number of hydrogen-bond acceptors (Lipinski definition) is 5. The minimum absolute atomic E-state index is 0.149. The fourth-order valence-electron chi connectivity index (χ4n) is 2.23. The van der Waals surface area contributed by atoms with E-state index in [0.29, 0.717) is 30.8 Å². The van der Waals surface area contributed by atoms with Gasteiger partial charge in [-0.05, 0) is 45.4 Å². The maximum absolute atomic E-state index is 11.9. The molecule has 1 N–H and O–H groups in total. The number of hydrogen-bond donors (Lipinski definition) is 1. The maximum Gasteiger partial charge on any atom is 0.410 e. The van der Waals surface area contributed by atoms with Crippen molar-refractivity contribution in [2.24, 2.45) is 0 Å². The first kappa shape index (κ1) is 19.5. The highest BCUT2D eigenvalue weighted by molar-refractivity contribution is 5.92. The van der Waals surface area contributed by atoms with Crippen LogP contribution in [0.5, 0.6) is 5.75 Å². The van der Waals surface area contributed by atoms with Crippen LogP contribution in [0.1, 0.15) is 37.6 Å². The number of pyridine rings is 1. The fraction of sp³-hybridized carbons (Fsp3) is 0.421. The predicted octanol–water partition coefficient (Wildman–Crippen LogP) is 3.57. The molecule has 1 aromatic carbocycles. The van der Waals surface area contributed by atoms with E-state index in [0.717, 1.165) is 5.39 Å². The Morgan fingerprint density at radius 3 is 2.62 bits per heavy atom. The summed E-state index contributed by atoms with van der Waals surface area (Å²) >= 11 is 0. The Kier molecular flexibility index (Phi) is 6.02. The Bertz CT molecular complexity index is 798. The highest BCUT2D eigenvalue weighted by Gasteiger charge is 2.19. The number of benzene rings is 1. The Hall–Kier alpha value is -2.83. The molecule has 0 aliphatic heterocycles. The Morgan fingerprint density at radius 1 is 1.23 bits per heavy atom. The lowest BCUT2D eigenvalue weighted by atomic mass is 10.1. The zero-order chi connectivity index (χ0) is 19.3. The molecule has 0 bridgehead atoms. The van der Waals surface area contributed by atoms with Gasteiger partial charge in [0.1, 0.15) is 11.4 Å². The van der Waals surface area contributed by atoms with Crippen molar-refractivity contribution in [2.45, 2.75) is 32.8 Å². The topological polar surface area (TPSA) is 89.0 Å². The van der Waals surface area contributed by atoms with Gasteiger partial charge in [0, 0.05) is 31.2 Å². The van der Waals surface area contributed by atoms with Gasteiger partial charge in [-0.2, -0.15) is 0 Å². The average Bonchev–Trinajstić information content (AvgIpc) is 2.56. The fourth-order valence-corrected chi connectivity index (χ4v) is 2.23. The molecule has 2 rings (SSSR count). The van der Waals surface area contributed by atoms with Crippen LogP contribution in [0, 0.1) is 0 Å². The number of fused-ring (bicyclic) bond motifs is 1. The van der Waals surface area contributed by atoms with Gasteiger partial charge in [0.15, 0.2) is 0 Å². The van der Waals surface area contributed by atoms with E-state index in [2.05, 4.69) is 4.98 Å². The van der Waals surface area contributed by atoms with Crippen LogP contribution in [-0.4, -0.2) is 52.9 Å². The summed E-state index contributed by atoms with van der Waals surface area (Å²) in [5.74, 6) is -0.359. The molecule has 0 saturated heterocycles. The van der Waals surface area contributed by atoms with Crippen LogP contribution in [0.4, 0.5) is 4.79 Å². The molecule has 1 aromatic heterocycles. The van der Waals surface area contributed by atoms with Crippen LogP contribution >= 0.6 is 0 Å². The highest BCUT2D eigenvalue weighted by Crippen LogP contribution is 2.20. The summed E-state index contributed by atoms with van der Waals surface area (Å²) in [7, 11) is 1.69. The monoisotopic (exact) mass is 360 g/mol. The summed E-state index contributed by atoms with van der Waals surface area (Å²) in [6.45, 7) is 6.44. The van der Waals surface area contributed by atoms with Crippen LogP contribution in [0.3, 0.4) is 0 Å². The van der Waals surface area contributed by atoms with E-state index in [9.17, 15) is 9.59 Å². The molecule has 0 spiro atoms. The van der Waals surface area contributed by atoms with Gasteiger partial charge in [0.25, 0.3) is 0 Å². The number of ether oxygens (including phenoxy) is 2. The second-order valence-corrected chi connectivity index (χ2v) is 6.99. The molecule has 0 unspecified atom stereocenters. The van der Waals surface area contributed by atoms with Gasteiger partial charge in [-0.3, -0.25) is 4.98 Å². The number of carboxylic acids is 1. The minimum atomic E-state index is -1.01. The summed E-state index contributed by atoms with van der Waals surface area (Å²) in [6.07, 6.45) is 1.62. The Morgan fingerprint density at radius 2 is 1.96 bits per heavy atom. The minimum Gasteiger partial charge on any atom is -0.493 e. The molecule has 140 valence electrons. The number of carbonyl (C=O) groups is 2. The maximum atomic E-state index is 11.9. The van der Waals surface area contributed by atoms with E-state index in [1.54, 1.807) is 31.3 Å². The van der Waals surface area contributed by atoms with E-state index in [4.69, 9.17) is 14.6 Å². The SMILES string of the molecule is CN(CCCOc1ccc2cc(C(=O)O)cnc2c1)C(=O)OC(C)(C)C. The van der Waals surface area contributed by atoms with Gasteiger partial charge in [-0.25, -0.2) is 9.59 Å². The first-order valence-corrected chi connectivity index (χ1v) is 8.36. The van der Waals surface area contributed by atoms with Crippen LogP contribution in [0.25, 0.3) is 10.9 Å². The van der Waals surface area contributed by atoms with Crippen molar-refractivity contribution in [3.05, 3.63) is 36.0 Å². The quantitative estimate of drug-likeness (QED) is 0.792. The molecule has 0 fully saturated rings. The van der Waals surface area contributed by atoms with Crippen molar-refractivity contribution in [1.29, 1.82) is 0 Å². The molecule has 1 amide bonds. The molecule has 7 heteroatoms. The molecular weight excluding hydrogens is 336 g/mol.